The van der Waals surface area contributed by atoms with Crippen LogP contribution in [0, 0.1) is 5.92 Å². The maximum absolute atomic E-state index is 11.6. The summed E-state index contributed by atoms with van der Waals surface area (Å²) < 4.78 is 5.44. The molecular weight excluding hydrogens is 244 g/mol. The van der Waals surface area contributed by atoms with E-state index in [9.17, 15) is 4.79 Å². The van der Waals surface area contributed by atoms with Crippen LogP contribution in [0.5, 0.6) is 5.75 Å². The summed E-state index contributed by atoms with van der Waals surface area (Å²) in [5, 5.41) is 11.8. The third kappa shape index (κ3) is 5.61. The molecule has 5 heteroatoms. The molecule has 19 heavy (non-hydrogen) atoms. The highest BCUT2D eigenvalue weighted by Gasteiger charge is 2.13. The topological polar surface area (TPSA) is 84.6 Å². The zero-order valence-electron chi connectivity index (χ0n) is 11.4. The lowest BCUT2D eigenvalue weighted by atomic mass is 10.1. The molecule has 2 unspecified atom stereocenters. The van der Waals surface area contributed by atoms with Crippen molar-refractivity contribution in [2.45, 2.75) is 26.3 Å². The Morgan fingerprint density at radius 3 is 2.84 bits per heavy atom. The first-order valence-electron chi connectivity index (χ1n) is 6.41. The van der Waals surface area contributed by atoms with Gasteiger partial charge in [0, 0.05) is 24.4 Å². The van der Waals surface area contributed by atoms with Gasteiger partial charge >= 0.3 is 0 Å². The van der Waals surface area contributed by atoms with E-state index in [-0.39, 0.29) is 30.9 Å². The zero-order chi connectivity index (χ0) is 14.3. The van der Waals surface area contributed by atoms with Gasteiger partial charge in [-0.05, 0) is 25.0 Å². The summed E-state index contributed by atoms with van der Waals surface area (Å²) in [4.78, 5) is 11.6. The summed E-state index contributed by atoms with van der Waals surface area (Å²) in [6.45, 7) is 4.11. The highest BCUT2D eigenvalue weighted by atomic mass is 16.5. The lowest BCUT2D eigenvalue weighted by Gasteiger charge is -2.19. The van der Waals surface area contributed by atoms with Gasteiger partial charge in [0.1, 0.15) is 5.75 Å². The molecule has 0 fully saturated rings. The fourth-order valence-electron chi connectivity index (χ4n) is 1.49. The highest BCUT2D eigenvalue weighted by molar-refractivity contribution is 5.76. The maximum atomic E-state index is 11.6. The predicted molar refractivity (Wildman–Crippen MR) is 74.8 cm³/mol. The Labute approximate surface area is 113 Å². The van der Waals surface area contributed by atoms with Crippen molar-refractivity contribution in [3.63, 3.8) is 0 Å². The van der Waals surface area contributed by atoms with Crippen molar-refractivity contribution in [3.05, 3.63) is 24.3 Å². The minimum atomic E-state index is -0.0864. The number of amides is 1. The molecule has 4 N–H and O–H groups in total. The van der Waals surface area contributed by atoms with Gasteiger partial charge < -0.3 is 20.9 Å². The van der Waals surface area contributed by atoms with Crippen molar-refractivity contribution in [1.82, 2.24) is 5.32 Å². The summed E-state index contributed by atoms with van der Waals surface area (Å²) in [6, 6.07) is 7.04. The van der Waals surface area contributed by atoms with Gasteiger partial charge in [-0.2, -0.15) is 0 Å². The molecule has 0 radical (unpaired) electrons. The molecule has 0 saturated heterocycles. The molecule has 1 amide bonds. The molecule has 2 atom stereocenters. The lowest BCUT2D eigenvalue weighted by Crippen LogP contribution is -2.38. The van der Waals surface area contributed by atoms with Crippen molar-refractivity contribution < 1.29 is 14.6 Å². The van der Waals surface area contributed by atoms with Crippen LogP contribution in [0.15, 0.2) is 24.3 Å². The number of hydrogen-bond acceptors (Lipinski definition) is 4. The molecule has 0 heterocycles. The fraction of sp³-hybridized carbons (Fsp3) is 0.500. The number of aliphatic hydroxyl groups is 1. The molecule has 106 valence electrons. The molecule has 1 aromatic rings. The molecule has 0 saturated carbocycles. The Hall–Kier alpha value is -1.75. The second-order valence-electron chi connectivity index (χ2n) is 4.69. The van der Waals surface area contributed by atoms with Crippen molar-refractivity contribution in [2.24, 2.45) is 5.92 Å². The van der Waals surface area contributed by atoms with E-state index in [1.165, 1.54) is 0 Å². The summed E-state index contributed by atoms with van der Waals surface area (Å²) in [7, 11) is 0. The van der Waals surface area contributed by atoms with E-state index < -0.39 is 0 Å². The molecule has 1 aromatic carbocycles. The second kappa shape index (κ2) is 7.63. The zero-order valence-corrected chi connectivity index (χ0v) is 11.4. The summed E-state index contributed by atoms with van der Waals surface area (Å²) in [5.41, 5.74) is 6.25. The van der Waals surface area contributed by atoms with Crippen LogP contribution in [0.25, 0.3) is 0 Å². The summed E-state index contributed by atoms with van der Waals surface area (Å²) >= 11 is 0. The number of anilines is 1. The predicted octanol–water partition coefficient (Wildman–Crippen LogP) is 1.17. The maximum Gasteiger partial charge on any atom is 0.223 e. The monoisotopic (exact) mass is 266 g/mol. The number of rotatable bonds is 7. The number of hydrogen-bond donors (Lipinski definition) is 3. The van der Waals surface area contributed by atoms with E-state index in [1.807, 2.05) is 13.8 Å². The minimum Gasteiger partial charge on any atom is -0.493 e. The molecule has 0 aliphatic carbocycles. The number of aliphatic hydroxyl groups excluding tert-OH is 1. The van der Waals surface area contributed by atoms with Crippen molar-refractivity contribution in [1.29, 1.82) is 0 Å². The van der Waals surface area contributed by atoms with Crippen LogP contribution in [0.1, 0.15) is 20.3 Å². The van der Waals surface area contributed by atoms with Crippen LogP contribution >= 0.6 is 0 Å². The van der Waals surface area contributed by atoms with E-state index in [4.69, 9.17) is 15.6 Å². The number of nitrogen functional groups attached to an aromatic ring is 1. The summed E-state index contributed by atoms with van der Waals surface area (Å²) in [6.07, 6.45) is 0.275. The Kier molecular flexibility index (Phi) is 6.15. The van der Waals surface area contributed by atoms with Gasteiger partial charge in [0.15, 0.2) is 0 Å². The van der Waals surface area contributed by atoms with Crippen LogP contribution in [0.2, 0.25) is 0 Å². The first-order chi connectivity index (χ1) is 9.02. The van der Waals surface area contributed by atoms with Gasteiger partial charge in [-0.15, -0.1) is 0 Å². The summed E-state index contributed by atoms with van der Waals surface area (Å²) in [5.74, 6) is 0.611. The van der Waals surface area contributed by atoms with Gasteiger partial charge in [-0.1, -0.05) is 13.0 Å². The number of carbonyl (C=O) groups excluding carboxylic acids is 1. The molecule has 0 spiro atoms. The molecule has 1 rings (SSSR count). The second-order valence-corrected chi connectivity index (χ2v) is 4.69. The Balaban J connectivity index is 2.27. The molecule has 5 nitrogen and oxygen atoms in total. The number of nitrogens with two attached hydrogens (primary N) is 1. The van der Waals surface area contributed by atoms with Gasteiger partial charge in [0.05, 0.1) is 13.0 Å². The third-order valence-corrected chi connectivity index (χ3v) is 2.99. The van der Waals surface area contributed by atoms with Crippen LogP contribution in [0.3, 0.4) is 0 Å². The third-order valence-electron chi connectivity index (χ3n) is 2.99. The smallest absolute Gasteiger partial charge is 0.223 e. The molecule has 0 aromatic heterocycles. The van der Waals surface area contributed by atoms with E-state index in [1.54, 1.807) is 24.3 Å². The van der Waals surface area contributed by atoms with E-state index in [0.29, 0.717) is 18.0 Å². The standard InChI is InChI=1S/C14H22N2O3/c1-10(9-17)11(2)16-14(18)6-7-19-13-5-3-4-12(15)8-13/h3-5,8,10-11,17H,6-7,9,15H2,1-2H3,(H,16,18). The van der Waals surface area contributed by atoms with Crippen molar-refractivity contribution >= 4 is 11.6 Å². The molecular formula is C14H22N2O3. The van der Waals surface area contributed by atoms with Gasteiger partial charge in [0.25, 0.3) is 0 Å². The van der Waals surface area contributed by atoms with E-state index in [2.05, 4.69) is 5.32 Å². The Bertz CT molecular complexity index is 409. The molecule has 0 aliphatic rings. The van der Waals surface area contributed by atoms with E-state index in [0.717, 1.165) is 0 Å². The largest absolute Gasteiger partial charge is 0.493 e. The van der Waals surface area contributed by atoms with Gasteiger partial charge in [0.2, 0.25) is 5.91 Å². The first-order valence-corrected chi connectivity index (χ1v) is 6.41. The SMILES string of the molecule is CC(CO)C(C)NC(=O)CCOc1cccc(N)c1. The quantitative estimate of drug-likeness (QED) is 0.647. The van der Waals surface area contributed by atoms with Crippen molar-refractivity contribution in [2.75, 3.05) is 18.9 Å². The van der Waals surface area contributed by atoms with Gasteiger partial charge in [-0.3, -0.25) is 4.79 Å². The molecule has 0 aliphatic heterocycles. The fourth-order valence-corrected chi connectivity index (χ4v) is 1.49. The van der Waals surface area contributed by atoms with Crippen LogP contribution in [-0.2, 0) is 4.79 Å². The number of benzene rings is 1. The average molecular weight is 266 g/mol. The number of ether oxygens (including phenoxy) is 1. The van der Waals surface area contributed by atoms with Crippen LogP contribution in [-0.4, -0.2) is 30.3 Å². The van der Waals surface area contributed by atoms with Crippen LogP contribution in [0.4, 0.5) is 5.69 Å². The van der Waals surface area contributed by atoms with E-state index >= 15 is 0 Å². The number of nitrogens with one attached hydrogen (secondary N) is 1. The Morgan fingerprint density at radius 1 is 1.47 bits per heavy atom. The lowest BCUT2D eigenvalue weighted by molar-refractivity contribution is -0.122. The van der Waals surface area contributed by atoms with Gasteiger partial charge in [-0.25, -0.2) is 0 Å². The Morgan fingerprint density at radius 2 is 2.21 bits per heavy atom. The number of carbonyl (C=O) groups is 1. The van der Waals surface area contributed by atoms with Crippen molar-refractivity contribution in [3.8, 4) is 5.75 Å². The molecule has 0 bridgehead atoms. The minimum absolute atomic E-state index is 0.0405. The highest BCUT2D eigenvalue weighted by Crippen LogP contribution is 2.14. The average Bonchev–Trinajstić information content (AvgIpc) is 2.37. The normalized spacial score (nSPS) is 13.6. The van der Waals surface area contributed by atoms with Crippen LogP contribution < -0.4 is 15.8 Å². The first kappa shape index (κ1) is 15.3.